The van der Waals surface area contributed by atoms with Crippen LogP contribution in [0.25, 0.3) is 0 Å². The Morgan fingerprint density at radius 1 is 0.893 bits per heavy atom. The first-order chi connectivity index (χ1) is 13.7. The van der Waals surface area contributed by atoms with Crippen molar-refractivity contribution in [2.75, 3.05) is 13.7 Å². The summed E-state index contributed by atoms with van der Waals surface area (Å²) >= 11 is 0. The average Bonchev–Trinajstić information content (AvgIpc) is 2.74. The first-order valence-electron chi connectivity index (χ1n) is 10.5. The molecule has 0 aliphatic rings. The van der Waals surface area contributed by atoms with E-state index < -0.39 is 0 Å². The van der Waals surface area contributed by atoms with Crippen molar-refractivity contribution in [1.82, 2.24) is 0 Å². The molecule has 1 atom stereocenters. The quantitative estimate of drug-likeness (QED) is 0.243. The van der Waals surface area contributed by atoms with Crippen molar-refractivity contribution < 1.29 is 9.84 Å². The summed E-state index contributed by atoms with van der Waals surface area (Å²) in [6.45, 7) is 11.2. The third-order valence-electron chi connectivity index (χ3n) is 3.67. The van der Waals surface area contributed by atoms with Crippen molar-refractivity contribution in [3.63, 3.8) is 0 Å². The Hall–Kier alpha value is -2.06. The standard InChI is InChI=1S/C23H32O.C2H6.CH4O/c1-4-5-6-7-8-9-10-11-12-13-14-21(2)19-20-24-23-17-15-22(3)16-18-23;2*1-2/h5-6,9-18,21H,4,7-8,19-20H2,1-3H3;1-2H3;2H,1H3/b6-5-,10-9+,12-11-,14-13+;;. The Morgan fingerprint density at radius 3 is 2.14 bits per heavy atom. The van der Waals surface area contributed by atoms with Crippen LogP contribution in [0.2, 0.25) is 0 Å². The van der Waals surface area contributed by atoms with Gasteiger partial charge in [0.15, 0.2) is 0 Å². The van der Waals surface area contributed by atoms with Crippen LogP contribution < -0.4 is 4.74 Å². The summed E-state index contributed by atoms with van der Waals surface area (Å²) in [4.78, 5) is 0. The smallest absolute Gasteiger partial charge is 0.119 e. The number of aliphatic hydroxyl groups is 1. The number of ether oxygens (including phenoxy) is 1. The molecular weight excluding hydrogens is 344 g/mol. The second kappa shape index (κ2) is 23.0. The van der Waals surface area contributed by atoms with Gasteiger partial charge in [-0.2, -0.15) is 0 Å². The van der Waals surface area contributed by atoms with Crippen LogP contribution in [0.15, 0.2) is 72.9 Å². The third-order valence-corrected chi connectivity index (χ3v) is 3.67. The van der Waals surface area contributed by atoms with Gasteiger partial charge in [-0.15, -0.1) is 0 Å². The van der Waals surface area contributed by atoms with Crippen LogP contribution in [0.5, 0.6) is 5.75 Å². The SMILES string of the molecule is CC.CC/C=C\CC/C=C/C=C\C=C\C(C)CCOc1ccc(C)cc1.CO. The fourth-order valence-corrected chi connectivity index (χ4v) is 2.13. The molecule has 0 amide bonds. The molecule has 1 N–H and O–H groups in total. The van der Waals surface area contributed by atoms with E-state index in [2.05, 4.69) is 81.5 Å². The topological polar surface area (TPSA) is 29.5 Å². The highest BCUT2D eigenvalue weighted by molar-refractivity contribution is 5.26. The second-order valence-electron chi connectivity index (χ2n) is 6.08. The minimum absolute atomic E-state index is 0.517. The maximum Gasteiger partial charge on any atom is 0.119 e. The minimum Gasteiger partial charge on any atom is -0.494 e. The summed E-state index contributed by atoms with van der Waals surface area (Å²) < 4.78 is 5.76. The fraction of sp³-hybridized carbons (Fsp3) is 0.462. The lowest BCUT2D eigenvalue weighted by Gasteiger charge is -2.08. The number of hydrogen-bond donors (Lipinski definition) is 1. The van der Waals surface area contributed by atoms with Crippen LogP contribution in [0.4, 0.5) is 0 Å². The van der Waals surface area contributed by atoms with E-state index in [0.29, 0.717) is 5.92 Å². The van der Waals surface area contributed by atoms with Crippen LogP contribution in [0.1, 0.15) is 58.9 Å². The van der Waals surface area contributed by atoms with Crippen LogP contribution >= 0.6 is 0 Å². The van der Waals surface area contributed by atoms with E-state index in [1.165, 1.54) is 5.56 Å². The van der Waals surface area contributed by atoms with Gasteiger partial charge in [0.2, 0.25) is 0 Å². The van der Waals surface area contributed by atoms with Gasteiger partial charge in [-0.25, -0.2) is 0 Å². The molecule has 0 aliphatic heterocycles. The third kappa shape index (κ3) is 18.7. The summed E-state index contributed by atoms with van der Waals surface area (Å²) in [5.74, 6) is 1.47. The predicted molar refractivity (Wildman–Crippen MR) is 126 cm³/mol. The first kappa shape index (κ1) is 28.2. The number of aliphatic hydroxyl groups excluding tert-OH is 1. The highest BCUT2D eigenvalue weighted by atomic mass is 16.5. The largest absolute Gasteiger partial charge is 0.494 e. The number of allylic oxidation sites excluding steroid dienone is 8. The van der Waals surface area contributed by atoms with E-state index in [9.17, 15) is 0 Å². The summed E-state index contributed by atoms with van der Waals surface area (Å²) in [6.07, 6.45) is 21.7. The summed E-state index contributed by atoms with van der Waals surface area (Å²) in [5.41, 5.74) is 1.26. The zero-order chi connectivity index (χ0) is 21.5. The molecule has 0 bridgehead atoms. The summed E-state index contributed by atoms with van der Waals surface area (Å²) in [6, 6.07) is 8.22. The predicted octanol–water partition coefficient (Wildman–Crippen LogP) is 7.45. The Bertz CT molecular complexity index is 536. The van der Waals surface area contributed by atoms with E-state index in [-0.39, 0.29) is 0 Å². The molecule has 0 heterocycles. The van der Waals surface area contributed by atoms with Gasteiger partial charge in [-0.1, -0.05) is 94.0 Å². The van der Waals surface area contributed by atoms with Gasteiger partial charge in [0.25, 0.3) is 0 Å². The van der Waals surface area contributed by atoms with Gasteiger partial charge in [-0.05, 0) is 50.7 Å². The van der Waals surface area contributed by atoms with E-state index in [1.807, 2.05) is 26.0 Å². The molecule has 0 spiro atoms. The van der Waals surface area contributed by atoms with Crippen molar-refractivity contribution in [2.45, 2.75) is 60.3 Å². The molecule has 1 rings (SSSR count). The van der Waals surface area contributed by atoms with E-state index in [4.69, 9.17) is 9.84 Å². The average molecular weight is 387 g/mol. The number of benzene rings is 1. The van der Waals surface area contributed by atoms with Gasteiger partial charge in [0.05, 0.1) is 6.61 Å². The van der Waals surface area contributed by atoms with Crippen molar-refractivity contribution in [3.05, 3.63) is 78.4 Å². The first-order valence-corrected chi connectivity index (χ1v) is 10.5. The van der Waals surface area contributed by atoms with Gasteiger partial charge in [0.1, 0.15) is 5.75 Å². The summed E-state index contributed by atoms with van der Waals surface area (Å²) in [5, 5.41) is 7.00. The molecule has 0 aliphatic carbocycles. The van der Waals surface area contributed by atoms with Crippen molar-refractivity contribution in [1.29, 1.82) is 0 Å². The van der Waals surface area contributed by atoms with Crippen LogP contribution in [0.3, 0.4) is 0 Å². The van der Waals surface area contributed by atoms with Gasteiger partial charge >= 0.3 is 0 Å². The van der Waals surface area contributed by atoms with E-state index >= 15 is 0 Å². The fourth-order valence-electron chi connectivity index (χ4n) is 2.13. The molecule has 28 heavy (non-hydrogen) atoms. The molecule has 0 radical (unpaired) electrons. The maximum atomic E-state index is 7.00. The highest BCUT2D eigenvalue weighted by Crippen LogP contribution is 2.13. The molecule has 2 heteroatoms. The normalized spacial score (nSPS) is 12.1. The minimum atomic E-state index is 0.517. The molecule has 0 saturated heterocycles. The Kier molecular flexibility index (Phi) is 23.1. The molecule has 0 saturated carbocycles. The number of aryl methyl sites for hydroxylation is 1. The highest BCUT2D eigenvalue weighted by Gasteiger charge is 1.98. The lowest BCUT2D eigenvalue weighted by molar-refractivity contribution is 0.296. The number of rotatable bonds is 11. The Balaban J connectivity index is 0. The zero-order valence-electron chi connectivity index (χ0n) is 18.9. The van der Waals surface area contributed by atoms with Gasteiger partial charge in [-0.3, -0.25) is 0 Å². The van der Waals surface area contributed by atoms with Crippen molar-refractivity contribution in [3.8, 4) is 5.75 Å². The molecule has 1 aromatic rings. The van der Waals surface area contributed by atoms with Gasteiger partial charge in [0, 0.05) is 7.11 Å². The molecule has 2 nitrogen and oxygen atoms in total. The number of unbranched alkanes of at least 4 members (excludes halogenated alkanes) is 1. The lowest BCUT2D eigenvalue weighted by Crippen LogP contribution is -2.02. The zero-order valence-corrected chi connectivity index (χ0v) is 18.9. The molecule has 1 unspecified atom stereocenters. The maximum absolute atomic E-state index is 7.00. The number of hydrogen-bond acceptors (Lipinski definition) is 2. The molecule has 0 aromatic heterocycles. The van der Waals surface area contributed by atoms with Crippen molar-refractivity contribution in [2.24, 2.45) is 5.92 Å². The molecule has 158 valence electrons. The molecule has 0 fully saturated rings. The van der Waals surface area contributed by atoms with Crippen molar-refractivity contribution >= 4 is 0 Å². The van der Waals surface area contributed by atoms with Crippen LogP contribution in [0, 0.1) is 12.8 Å². The monoisotopic (exact) mass is 386 g/mol. The Labute approximate surface area is 174 Å². The molecule has 1 aromatic carbocycles. The Morgan fingerprint density at radius 2 is 1.50 bits per heavy atom. The molecular formula is C26H42O2. The van der Waals surface area contributed by atoms with Crippen LogP contribution in [-0.4, -0.2) is 18.8 Å². The second-order valence-corrected chi connectivity index (χ2v) is 6.08. The lowest BCUT2D eigenvalue weighted by atomic mass is 10.1. The van der Waals surface area contributed by atoms with E-state index in [1.54, 1.807) is 0 Å². The van der Waals surface area contributed by atoms with Gasteiger partial charge < -0.3 is 9.84 Å². The van der Waals surface area contributed by atoms with Crippen LogP contribution in [-0.2, 0) is 0 Å². The summed E-state index contributed by atoms with van der Waals surface area (Å²) in [7, 11) is 1.00. The van der Waals surface area contributed by atoms with E-state index in [0.717, 1.165) is 45.1 Å².